The predicted octanol–water partition coefficient (Wildman–Crippen LogP) is 2.11. The van der Waals surface area contributed by atoms with Crippen molar-refractivity contribution in [1.82, 2.24) is 0 Å². The number of rotatable bonds is 6. The second kappa shape index (κ2) is 8.82. The first-order chi connectivity index (χ1) is 16.1. The van der Waals surface area contributed by atoms with Crippen molar-refractivity contribution in [3.63, 3.8) is 0 Å². The Bertz CT molecular complexity index is 1070. The predicted molar refractivity (Wildman–Crippen MR) is 123 cm³/mol. The van der Waals surface area contributed by atoms with E-state index in [1.54, 1.807) is 0 Å². The second-order valence-corrected chi connectivity index (χ2v) is 10.1. The van der Waals surface area contributed by atoms with Gasteiger partial charge in [0, 0.05) is 11.5 Å². The van der Waals surface area contributed by atoms with Gasteiger partial charge in [-0.15, -0.1) is 0 Å². The number of carbonyl (C=O) groups excluding carboxylic acids is 3. The number of amides is 1. The number of carbonyl (C=O) groups is 3. The highest BCUT2D eigenvalue weighted by Crippen LogP contribution is 2.52. The van der Waals surface area contributed by atoms with E-state index in [9.17, 15) is 34.8 Å². The number of hydrogen-bond acceptors (Lipinski definition) is 7. The van der Waals surface area contributed by atoms with Crippen LogP contribution in [0.15, 0.2) is 23.5 Å². The third kappa shape index (κ3) is 3.55. The van der Waals surface area contributed by atoms with Gasteiger partial charge in [0.25, 0.3) is 0 Å². The van der Waals surface area contributed by atoms with Crippen molar-refractivity contribution in [1.29, 1.82) is 0 Å². The van der Waals surface area contributed by atoms with Gasteiger partial charge in [-0.25, -0.2) is 0 Å². The van der Waals surface area contributed by atoms with E-state index in [1.165, 1.54) is 6.07 Å². The monoisotopic (exact) mass is 471 g/mol. The van der Waals surface area contributed by atoms with Crippen molar-refractivity contribution in [3.05, 3.63) is 40.2 Å². The van der Waals surface area contributed by atoms with Crippen molar-refractivity contribution in [3.8, 4) is 5.75 Å². The molecular formula is C26H33NO7. The average Bonchev–Trinajstić information content (AvgIpc) is 2.78. The van der Waals surface area contributed by atoms with Crippen molar-refractivity contribution in [2.45, 2.75) is 70.5 Å². The molecule has 0 spiro atoms. The van der Waals surface area contributed by atoms with E-state index in [1.807, 2.05) is 6.07 Å². The van der Waals surface area contributed by atoms with Crippen LogP contribution in [0.3, 0.4) is 0 Å². The molecule has 0 radical (unpaired) electrons. The number of allylic oxidation sites excluding steroid dienone is 1. The molecule has 3 aliphatic rings. The highest BCUT2D eigenvalue weighted by molar-refractivity contribution is 6.15. The van der Waals surface area contributed by atoms with Crippen LogP contribution in [0.25, 0.3) is 0 Å². The first-order valence-corrected chi connectivity index (χ1v) is 12.1. The summed E-state index contributed by atoms with van der Waals surface area (Å²) in [6.45, 7) is 4.30. The molecule has 184 valence electrons. The highest BCUT2D eigenvalue weighted by atomic mass is 16.3. The van der Waals surface area contributed by atoms with Crippen molar-refractivity contribution in [2.24, 2.45) is 29.4 Å². The molecule has 0 aliphatic heterocycles. The first-order valence-electron chi connectivity index (χ1n) is 12.1. The zero-order chi connectivity index (χ0) is 24.9. The summed E-state index contributed by atoms with van der Waals surface area (Å²) in [5.41, 5.74) is 4.50. The number of ketones is 2. The zero-order valence-electron chi connectivity index (χ0n) is 19.6. The van der Waals surface area contributed by atoms with E-state index < -0.39 is 52.7 Å². The largest absolute Gasteiger partial charge is 0.508 e. The van der Waals surface area contributed by atoms with Crippen molar-refractivity contribution in [2.75, 3.05) is 0 Å². The summed E-state index contributed by atoms with van der Waals surface area (Å²) in [5, 5.41) is 43.3. The lowest BCUT2D eigenvalue weighted by molar-refractivity contribution is -0.167. The topological polar surface area (TPSA) is 158 Å². The fraction of sp³-hybridized carbons (Fsp3) is 0.577. The van der Waals surface area contributed by atoms with Gasteiger partial charge < -0.3 is 26.2 Å². The highest BCUT2D eigenvalue weighted by Gasteiger charge is 2.62. The molecule has 0 saturated heterocycles. The van der Waals surface area contributed by atoms with Crippen LogP contribution in [-0.4, -0.2) is 49.6 Å². The number of Topliss-reactive ketones (excluding diaryl/α,β-unsaturated/α-hetero) is 2. The molecule has 8 heteroatoms. The van der Waals surface area contributed by atoms with Gasteiger partial charge in [0.2, 0.25) is 5.91 Å². The molecule has 1 aromatic rings. The molecule has 6 N–H and O–H groups in total. The minimum atomic E-state index is -2.47. The fourth-order valence-corrected chi connectivity index (χ4v) is 6.28. The Labute approximate surface area is 198 Å². The number of benzene rings is 1. The van der Waals surface area contributed by atoms with Crippen LogP contribution in [0.2, 0.25) is 0 Å². The number of aliphatic hydroxyl groups excluding tert-OH is 2. The molecule has 0 bridgehead atoms. The normalized spacial score (nSPS) is 30.7. The molecule has 3 aliphatic carbocycles. The Kier molecular flexibility index (Phi) is 6.33. The third-order valence-corrected chi connectivity index (χ3v) is 8.35. The van der Waals surface area contributed by atoms with Gasteiger partial charge in [0.15, 0.2) is 17.2 Å². The van der Waals surface area contributed by atoms with Gasteiger partial charge in [-0.3, -0.25) is 14.4 Å². The molecule has 8 nitrogen and oxygen atoms in total. The molecule has 5 atom stereocenters. The first kappa shape index (κ1) is 24.4. The Morgan fingerprint density at radius 1 is 1.18 bits per heavy atom. The Balaban J connectivity index is 1.78. The summed E-state index contributed by atoms with van der Waals surface area (Å²) in [7, 11) is 0. The quantitative estimate of drug-likeness (QED) is 0.397. The number of aliphatic hydroxyl groups is 3. The van der Waals surface area contributed by atoms with Gasteiger partial charge >= 0.3 is 0 Å². The van der Waals surface area contributed by atoms with E-state index in [-0.39, 0.29) is 29.7 Å². The minimum absolute atomic E-state index is 0.0941. The van der Waals surface area contributed by atoms with Crippen molar-refractivity contribution >= 4 is 17.5 Å². The minimum Gasteiger partial charge on any atom is -0.508 e. The molecule has 1 fully saturated rings. The maximum Gasteiger partial charge on any atom is 0.230 e. The number of fused-ring (bicyclic) bond motifs is 3. The zero-order valence-corrected chi connectivity index (χ0v) is 19.6. The van der Waals surface area contributed by atoms with E-state index in [0.717, 1.165) is 36.8 Å². The number of primary amides is 1. The summed E-state index contributed by atoms with van der Waals surface area (Å²) < 4.78 is 0. The second-order valence-electron chi connectivity index (χ2n) is 10.1. The van der Waals surface area contributed by atoms with Gasteiger partial charge in [0.05, 0.1) is 11.7 Å². The average molecular weight is 472 g/mol. The van der Waals surface area contributed by atoms with Crippen LogP contribution in [0.5, 0.6) is 5.75 Å². The number of aryl methyl sites for hydroxylation is 1. The van der Waals surface area contributed by atoms with E-state index in [4.69, 9.17) is 5.73 Å². The molecule has 1 amide bonds. The summed E-state index contributed by atoms with van der Waals surface area (Å²) in [6, 6.07) is 3.31. The third-order valence-electron chi connectivity index (χ3n) is 8.35. The van der Waals surface area contributed by atoms with Crippen LogP contribution in [0.4, 0.5) is 0 Å². The number of phenolic OH excluding ortho intramolecular Hbond substituents is 1. The summed E-state index contributed by atoms with van der Waals surface area (Å²) in [5.74, 6) is -6.25. The van der Waals surface area contributed by atoms with Gasteiger partial charge in [-0.05, 0) is 61.1 Å². The van der Waals surface area contributed by atoms with Gasteiger partial charge in [0.1, 0.15) is 17.4 Å². The lowest BCUT2D eigenvalue weighted by Gasteiger charge is -2.48. The molecule has 0 aromatic heterocycles. The summed E-state index contributed by atoms with van der Waals surface area (Å²) >= 11 is 0. The van der Waals surface area contributed by atoms with Crippen LogP contribution < -0.4 is 5.73 Å². The summed E-state index contributed by atoms with van der Waals surface area (Å²) in [4.78, 5) is 38.4. The molecule has 0 heterocycles. The van der Waals surface area contributed by atoms with E-state index in [0.29, 0.717) is 12.3 Å². The lowest BCUT2D eigenvalue weighted by Crippen LogP contribution is -2.63. The molecule has 1 saturated carbocycles. The van der Waals surface area contributed by atoms with Gasteiger partial charge in [-0.1, -0.05) is 32.8 Å². The Hall–Kier alpha value is -2.71. The lowest BCUT2D eigenvalue weighted by atomic mass is 9.57. The van der Waals surface area contributed by atoms with Crippen LogP contribution >= 0.6 is 0 Å². The Morgan fingerprint density at radius 2 is 1.85 bits per heavy atom. The molecule has 1 aromatic carbocycles. The standard InChI is InChI=1S/C26H33NO7/c1-3-12(4-2)5-6-13-7-8-17(28)20-16(13)10-14-9-15-11-18(29)21(25(27)33)24(32)26(15,34)23(31)19(14)22(20)30/h7-8,12,14-15,18,21,28-29,31,34H,3-6,9-11H2,1-2H3,(H2,27,33)/t14-,15+,18?,21?,26+/m1/s1. The molecular weight excluding hydrogens is 438 g/mol. The van der Waals surface area contributed by atoms with Crippen LogP contribution in [-0.2, 0) is 22.4 Å². The van der Waals surface area contributed by atoms with E-state index >= 15 is 0 Å². The van der Waals surface area contributed by atoms with E-state index in [2.05, 4.69) is 13.8 Å². The number of nitrogens with two attached hydrogens (primary N) is 1. The number of phenols is 1. The Morgan fingerprint density at radius 3 is 2.47 bits per heavy atom. The maximum atomic E-state index is 13.5. The van der Waals surface area contributed by atoms with Crippen LogP contribution in [0.1, 0.15) is 67.4 Å². The number of hydrogen-bond donors (Lipinski definition) is 5. The molecule has 2 unspecified atom stereocenters. The smallest absolute Gasteiger partial charge is 0.230 e. The number of aromatic hydroxyl groups is 1. The van der Waals surface area contributed by atoms with Crippen molar-refractivity contribution < 1.29 is 34.8 Å². The molecule has 34 heavy (non-hydrogen) atoms. The maximum absolute atomic E-state index is 13.5. The molecule has 4 rings (SSSR count). The van der Waals surface area contributed by atoms with Gasteiger partial charge in [-0.2, -0.15) is 0 Å². The fourth-order valence-electron chi connectivity index (χ4n) is 6.28. The SMILES string of the molecule is CCC(CC)CCc1ccc(O)c2c1C[C@H]1C[C@H]3CC(O)C(C(N)=O)C(=O)[C@@]3(O)C(O)=C1C2=O. The summed E-state index contributed by atoms with van der Waals surface area (Å²) in [6.07, 6.45) is 2.89. The van der Waals surface area contributed by atoms with Crippen LogP contribution in [0, 0.1) is 23.7 Å².